The third-order valence-corrected chi connectivity index (χ3v) is 7.10. The summed E-state index contributed by atoms with van der Waals surface area (Å²) in [5, 5.41) is 3.54. The molecule has 1 aliphatic heterocycles. The molecule has 1 saturated heterocycles. The number of nitrogens with one attached hydrogen (secondary N) is 1. The smallest absolute Gasteiger partial charge is 0.337 e. The minimum Gasteiger partial charge on any atom is -0.493 e. The van der Waals surface area contributed by atoms with Gasteiger partial charge in [0.15, 0.2) is 16.6 Å². The molecule has 0 saturated carbocycles. The van der Waals surface area contributed by atoms with E-state index in [1.807, 2.05) is 18.2 Å². The molecule has 0 aliphatic carbocycles. The lowest BCUT2D eigenvalue weighted by atomic mass is 10.1. The number of esters is 1. The Bertz CT molecular complexity index is 1430. The van der Waals surface area contributed by atoms with Crippen LogP contribution in [0.3, 0.4) is 0 Å². The fourth-order valence-corrected chi connectivity index (χ4v) is 5.02. The molecule has 40 heavy (non-hydrogen) atoms. The van der Waals surface area contributed by atoms with Crippen LogP contribution in [0.15, 0.2) is 66.7 Å². The van der Waals surface area contributed by atoms with Crippen molar-refractivity contribution in [2.45, 2.75) is 18.9 Å². The predicted molar refractivity (Wildman–Crippen MR) is 156 cm³/mol. The molecule has 9 nitrogen and oxygen atoms in total. The average molecular weight is 582 g/mol. The van der Waals surface area contributed by atoms with Gasteiger partial charge in [0.1, 0.15) is 6.04 Å². The van der Waals surface area contributed by atoms with E-state index in [0.29, 0.717) is 46.4 Å². The second kappa shape index (κ2) is 12.8. The van der Waals surface area contributed by atoms with Crippen LogP contribution < -0.4 is 19.7 Å². The number of carbonyl (C=O) groups excluding carboxylic acids is 3. The van der Waals surface area contributed by atoms with Crippen molar-refractivity contribution < 1.29 is 28.6 Å². The molecule has 1 atom stereocenters. The van der Waals surface area contributed by atoms with Crippen molar-refractivity contribution in [3.05, 3.63) is 82.9 Å². The summed E-state index contributed by atoms with van der Waals surface area (Å²) < 4.78 is 15.4. The summed E-state index contributed by atoms with van der Waals surface area (Å²) in [5.41, 5.74) is 2.31. The summed E-state index contributed by atoms with van der Waals surface area (Å²) in [7, 11) is 4.43. The number of rotatable bonds is 10. The van der Waals surface area contributed by atoms with Crippen LogP contribution in [0.4, 0.5) is 11.4 Å². The first-order chi connectivity index (χ1) is 19.2. The Morgan fingerprint density at radius 3 is 2.35 bits per heavy atom. The van der Waals surface area contributed by atoms with Crippen molar-refractivity contribution in [1.82, 2.24) is 4.90 Å². The van der Waals surface area contributed by atoms with Crippen molar-refractivity contribution in [2.75, 3.05) is 38.1 Å². The summed E-state index contributed by atoms with van der Waals surface area (Å²) in [4.78, 5) is 41.6. The van der Waals surface area contributed by atoms with E-state index >= 15 is 0 Å². The van der Waals surface area contributed by atoms with E-state index in [0.717, 1.165) is 5.56 Å². The first-order valence-electron chi connectivity index (χ1n) is 12.3. The summed E-state index contributed by atoms with van der Waals surface area (Å²) in [6, 6.07) is 17.9. The van der Waals surface area contributed by atoms with Crippen molar-refractivity contribution in [3.63, 3.8) is 0 Å². The molecule has 0 radical (unpaired) electrons. The van der Waals surface area contributed by atoms with E-state index in [1.165, 1.54) is 12.0 Å². The maximum atomic E-state index is 13.7. The second-order valence-corrected chi connectivity index (χ2v) is 9.71. The molecule has 0 bridgehead atoms. The number of amides is 2. The molecule has 3 aromatic carbocycles. The molecule has 3 aromatic rings. The molecule has 1 aliphatic rings. The minimum atomic E-state index is -0.832. The fraction of sp³-hybridized carbons (Fsp3) is 0.241. The van der Waals surface area contributed by atoms with Gasteiger partial charge in [-0.05, 0) is 78.8 Å². The number of hydrogen-bond acceptors (Lipinski definition) is 7. The van der Waals surface area contributed by atoms with E-state index in [-0.39, 0.29) is 23.3 Å². The molecule has 4 rings (SSSR count). The summed E-state index contributed by atoms with van der Waals surface area (Å²) in [5.74, 6) is 0.0233. The van der Waals surface area contributed by atoms with Crippen LogP contribution in [-0.2, 0) is 20.7 Å². The molecule has 0 aromatic heterocycles. The topological polar surface area (TPSA) is 97.4 Å². The lowest BCUT2D eigenvalue weighted by molar-refractivity contribution is -0.124. The van der Waals surface area contributed by atoms with E-state index in [4.69, 9.17) is 38.0 Å². The molecule has 0 unspecified atom stereocenters. The second-order valence-electron chi connectivity index (χ2n) is 8.91. The van der Waals surface area contributed by atoms with Crippen LogP contribution >= 0.6 is 23.8 Å². The highest BCUT2D eigenvalue weighted by Gasteiger charge is 2.44. The maximum absolute atomic E-state index is 13.7. The highest BCUT2D eigenvalue weighted by Crippen LogP contribution is 2.31. The number of hydrogen-bond donors (Lipinski definition) is 1. The zero-order chi connectivity index (χ0) is 28.8. The Hall–Kier alpha value is -4.15. The molecule has 208 valence electrons. The third-order valence-electron chi connectivity index (χ3n) is 6.44. The summed E-state index contributed by atoms with van der Waals surface area (Å²) in [6.45, 7) is 0.378. The van der Waals surface area contributed by atoms with E-state index in [2.05, 4.69) is 5.32 Å². The Balaban J connectivity index is 1.55. The van der Waals surface area contributed by atoms with Gasteiger partial charge in [-0.3, -0.25) is 14.5 Å². The number of thiocarbonyl (C=S) groups is 1. The molecule has 2 amide bonds. The first kappa shape index (κ1) is 28.8. The van der Waals surface area contributed by atoms with Crippen LogP contribution in [0, 0.1) is 0 Å². The molecule has 1 fully saturated rings. The normalized spacial score (nSPS) is 14.8. The minimum absolute atomic E-state index is 0.138. The SMILES string of the molecule is COC(=O)c1ccc(NC(=O)C[C@H]2C(=O)N(c3cccc(Cl)c3)C(=S)N2CCc2ccc(OC)c(OC)c2)cc1. The molecular formula is C29H28ClN3O6S. The average Bonchev–Trinajstić information content (AvgIpc) is 3.19. The van der Waals surface area contributed by atoms with Gasteiger partial charge < -0.3 is 24.4 Å². The highest BCUT2D eigenvalue weighted by molar-refractivity contribution is 7.80. The van der Waals surface area contributed by atoms with Gasteiger partial charge in [-0.25, -0.2) is 4.79 Å². The fourth-order valence-electron chi connectivity index (χ4n) is 4.42. The molecule has 0 spiro atoms. The van der Waals surface area contributed by atoms with Crippen LogP contribution in [0.25, 0.3) is 0 Å². The third kappa shape index (κ3) is 6.35. The Kier molecular flexibility index (Phi) is 9.23. The van der Waals surface area contributed by atoms with Gasteiger partial charge in [0, 0.05) is 17.3 Å². The van der Waals surface area contributed by atoms with Crippen molar-refractivity contribution in [1.29, 1.82) is 0 Å². The van der Waals surface area contributed by atoms with Crippen LogP contribution in [0.2, 0.25) is 5.02 Å². The van der Waals surface area contributed by atoms with Gasteiger partial charge in [0.25, 0.3) is 5.91 Å². The van der Waals surface area contributed by atoms with Gasteiger partial charge in [0.2, 0.25) is 5.91 Å². The Morgan fingerprint density at radius 1 is 0.975 bits per heavy atom. The van der Waals surface area contributed by atoms with Gasteiger partial charge in [0.05, 0.1) is 39.0 Å². The van der Waals surface area contributed by atoms with Crippen LogP contribution in [-0.4, -0.2) is 61.7 Å². The van der Waals surface area contributed by atoms with E-state index in [1.54, 1.807) is 67.7 Å². The van der Waals surface area contributed by atoms with E-state index < -0.39 is 12.0 Å². The predicted octanol–water partition coefficient (Wildman–Crippen LogP) is 4.72. The van der Waals surface area contributed by atoms with Crippen LogP contribution in [0.5, 0.6) is 11.5 Å². The van der Waals surface area contributed by atoms with Crippen molar-refractivity contribution >= 4 is 58.1 Å². The van der Waals surface area contributed by atoms with Crippen molar-refractivity contribution in [3.8, 4) is 11.5 Å². The van der Waals surface area contributed by atoms with Gasteiger partial charge in [-0.2, -0.15) is 0 Å². The monoisotopic (exact) mass is 581 g/mol. The quantitative estimate of drug-likeness (QED) is 0.271. The van der Waals surface area contributed by atoms with Gasteiger partial charge >= 0.3 is 5.97 Å². The summed E-state index contributed by atoms with van der Waals surface area (Å²) in [6.07, 6.45) is 0.394. The number of anilines is 2. The number of methoxy groups -OCH3 is 3. The van der Waals surface area contributed by atoms with Gasteiger partial charge in [-0.15, -0.1) is 0 Å². The number of halogens is 1. The maximum Gasteiger partial charge on any atom is 0.337 e. The number of nitrogens with zero attached hydrogens (tertiary/aromatic N) is 2. The molecular weight excluding hydrogens is 554 g/mol. The largest absolute Gasteiger partial charge is 0.493 e. The lowest BCUT2D eigenvalue weighted by Gasteiger charge is -2.24. The molecule has 1 N–H and O–H groups in total. The number of carbonyl (C=O) groups is 3. The number of ether oxygens (including phenoxy) is 3. The first-order valence-corrected chi connectivity index (χ1v) is 13.1. The Morgan fingerprint density at radius 2 is 1.70 bits per heavy atom. The lowest BCUT2D eigenvalue weighted by Crippen LogP contribution is -2.39. The molecule has 11 heteroatoms. The van der Waals surface area contributed by atoms with Crippen molar-refractivity contribution in [2.24, 2.45) is 0 Å². The van der Waals surface area contributed by atoms with Gasteiger partial charge in [-0.1, -0.05) is 23.7 Å². The molecule has 1 heterocycles. The highest BCUT2D eigenvalue weighted by atomic mass is 35.5. The summed E-state index contributed by atoms with van der Waals surface area (Å²) >= 11 is 11.9. The zero-order valence-corrected chi connectivity index (χ0v) is 23.8. The standard InChI is InChI=1S/C29H28ClN3O6S/c1-37-24-12-7-18(15-25(24)38-2)13-14-32-23(27(35)33(29(32)40)22-6-4-5-20(30)16-22)17-26(34)31-21-10-8-19(9-11-21)28(36)39-3/h4-12,15-16,23H,13-14,17H2,1-3H3,(H,31,34)/t23-/m0/s1. The van der Waals surface area contributed by atoms with Crippen LogP contribution in [0.1, 0.15) is 22.3 Å². The number of benzene rings is 3. The zero-order valence-electron chi connectivity index (χ0n) is 22.2. The van der Waals surface area contributed by atoms with E-state index in [9.17, 15) is 14.4 Å². The Labute approximate surface area is 242 Å².